The first kappa shape index (κ1) is 55.7. The predicted molar refractivity (Wildman–Crippen MR) is 242 cm³/mol. The fourth-order valence-electron chi connectivity index (χ4n) is 6.75. The molecule has 1 amide bonds. The molecule has 0 aliphatic carbocycles. The lowest BCUT2D eigenvalue weighted by atomic mass is 10.0. The molecule has 0 fully saturated rings. The number of quaternary nitrogens is 1. The number of carbonyl (C=O) groups excluding carboxylic acids is 1. The largest absolute Gasteiger partial charge is 0.756 e. The van der Waals surface area contributed by atoms with Crippen LogP contribution < -0.4 is 10.2 Å². The van der Waals surface area contributed by atoms with Crippen molar-refractivity contribution < 1.29 is 32.9 Å². The number of allylic oxidation sites excluding steroid dienone is 5. The summed E-state index contributed by atoms with van der Waals surface area (Å²) < 4.78 is 23.2. The summed E-state index contributed by atoms with van der Waals surface area (Å²) in [4.78, 5) is 25.3. The average molecular weight is 825 g/mol. The van der Waals surface area contributed by atoms with Crippen LogP contribution in [-0.4, -0.2) is 68.5 Å². The predicted octanol–water partition coefficient (Wildman–Crippen LogP) is 12.8. The number of nitrogens with zero attached hydrogens (tertiary/aromatic N) is 1. The molecule has 0 aromatic carbocycles. The third kappa shape index (κ3) is 42.6. The normalized spacial score (nSPS) is 14.6. The zero-order valence-electron chi connectivity index (χ0n) is 38.0. The van der Waals surface area contributed by atoms with Gasteiger partial charge >= 0.3 is 0 Å². The molecular formula is C48H93N2O6P. The molecule has 0 aromatic heterocycles. The second kappa shape index (κ2) is 40.1. The lowest BCUT2D eigenvalue weighted by Gasteiger charge is -2.29. The monoisotopic (exact) mass is 825 g/mol. The number of phosphoric acid groups is 1. The summed E-state index contributed by atoms with van der Waals surface area (Å²) in [6.07, 6.45) is 49.2. The van der Waals surface area contributed by atoms with Crippen LogP contribution in [0.2, 0.25) is 0 Å². The first-order valence-corrected chi connectivity index (χ1v) is 25.3. The summed E-state index contributed by atoms with van der Waals surface area (Å²) in [6.45, 7) is 4.60. The fraction of sp³-hybridized carbons (Fsp3) is 0.854. The van der Waals surface area contributed by atoms with Crippen LogP contribution in [0.5, 0.6) is 0 Å². The van der Waals surface area contributed by atoms with Crippen molar-refractivity contribution in [3.8, 4) is 0 Å². The van der Waals surface area contributed by atoms with Crippen LogP contribution in [-0.2, 0) is 18.4 Å². The fourth-order valence-corrected chi connectivity index (χ4v) is 7.47. The van der Waals surface area contributed by atoms with Crippen molar-refractivity contribution in [3.05, 3.63) is 36.5 Å². The smallest absolute Gasteiger partial charge is 0.268 e. The molecule has 0 spiro atoms. The summed E-state index contributed by atoms with van der Waals surface area (Å²) in [7, 11) is 1.24. The van der Waals surface area contributed by atoms with Gasteiger partial charge in [-0.2, -0.15) is 0 Å². The minimum atomic E-state index is -4.59. The molecule has 3 unspecified atom stereocenters. The highest BCUT2D eigenvalue weighted by molar-refractivity contribution is 7.45. The Morgan fingerprint density at radius 1 is 0.596 bits per heavy atom. The van der Waals surface area contributed by atoms with Crippen molar-refractivity contribution in [1.29, 1.82) is 0 Å². The summed E-state index contributed by atoms with van der Waals surface area (Å²) in [5, 5.41) is 13.7. The number of nitrogens with one attached hydrogen (secondary N) is 1. The molecule has 0 bridgehead atoms. The van der Waals surface area contributed by atoms with Crippen LogP contribution in [0.3, 0.4) is 0 Å². The quantitative estimate of drug-likeness (QED) is 0.0274. The van der Waals surface area contributed by atoms with Crippen molar-refractivity contribution >= 4 is 13.7 Å². The Kier molecular flexibility index (Phi) is 39.2. The van der Waals surface area contributed by atoms with E-state index in [1.54, 1.807) is 6.08 Å². The van der Waals surface area contributed by atoms with Gasteiger partial charge in [0.15, 0.2) is 0 Å². The second-order valence-electron chi connectivity index (χ2n) is 17.5. The zero-order chi connectivity index (χ0) is 42.1. The van der Waals surface area contributed by atoms with Crippen molar-refractivity contribution in [2.75, 3.05) is 40.9 Å². The Morgan fingerprint density at radius 2 is 0.982 bits per heavy atom. The molecule has 9 heteroatoms. The van der Waals surface area contributed by atoms with Gasteiger partial charge in [-0.15, -0.1) is 0 Å². The summed E-state index contributed by atoms with van der Waals surface area (Å²) in [5.74, 6) is -0.212. The number of amides is 1. The van der Waals surface area contributed by atoms with Gasteiger partial charge in [-0.05, 0) is 57.8 Å². The molecule has 0 aromatic rings. The zero-order valence-corrected chi connectivity index (χ0v) is 38.9. The Labute approximate surface area is 353 Å². The van der Waals surface area contributed by atoms with Crippen molar-refractivity contribution in [3.63, 3.8) is 0 Å². The van der Waals surface area contributed by atoms with E-state index in [0.717, 1.165) is 38.5 Å². The number of carbonyl (C=O) groups is 1. The number of likely N-dealkylation sites (N-methyl/N-ethyl adjacent to an activating group) is 1. The van der Waals surface area contributed by atoms with Gasteiger partial charge in [-0.3, -0.25) is 9.36 Å². The van der Waals surface area contributed by atoms with E-state index < -0.39 is 26.6 Å². The van der Waals surface area contributed by atoms with Gasteiger partial charge in [0.25, 0.3) is 7.82 Å². The maximum atomic E-state index is 12.9. The van der Waals surface area contributed by atoms with Crippen LogP contribution in [0.25, 0.3) is 0 Å². The highest BCUT2D eigenvalue weighted by Crippen LogP contribution is 2.38. The number of hydrogen-bond acceptors (Lipinski definition) is 6. The minimum absolute atomic E-state index is 0.00702. The van der Waals surface area contributed by atoms with Gasteiger partial charge < -0.3 is 28.8 Å². The number of rotatable bonds is 43. The first-order chi connectivity index (χ1) is 27.5. The Bertz CT molecular complexity index is 1030. The molecule has 0 radical (unpaired) electrons. The SMILES string of the molecule is CCCCCCC/C=C/CC/C=C/C(O)C(COP(=O)([O-])OCC[N+](C)(C)C)NC(=O)CCCCCCCCCC/C=C\CCCCCCCCCCCCCC. The average Bonchev–Trinajstić information content (AvgIpc) is 3.16. The summed E-state index contributed by atoms with van der Waals surface area (Å²) in [5.41, 5.74) is 0. The van der Waals surface area contributed by atoms with E-state index in [1.165, 1.54) is 154 Å². The number of phosphoric ester groups is 1. The topological polar surface area (TPSA) is 108 Å². The number of hydrogen-bond donors (Lipinski definition) is 2. The highest BCUT2D eigenvalue weighted by atomic mass is 31.2. The maximum Gasteiger partial charge on any atom is 0.268 e. The number of aliphatic hydroxyl groups is 1. The molecule has 3 atom stereocenters. The van der Waals surface area contributed by atoms with E-state index in [0.29, 0.717) is 17.4 Å². The van der Waals surface area contributed by atoms with Gasteiger partial charge in [0.1, 0.15) is 13.2 Å². The van der Waals surface area contributed by atoms with Crippen molar-refractivity contribution in [2.24, 2.45) is 0 Å². The van der Waals surface area contributed by atoms with E-state index >= 15 is 0 Å². The van der Waals surface area contributed by atoms with Crippen LogP contribution in [0.1, 0.15) is 213 Å². The highest BCUT2D eigenvalue weighted by Gasteiger charge is 2.23. The molecule has 57 heavy (non-hydrogen) atoms. The second-order valence-corrected chi connectivity index (χ2v) is 18.9. The van der Waals surface area contributed by atoms with Crippen LogP contribution in [0.15, 0.2) is 36.5 Å². The summed E-state index contributed by atoms with van der Waals surface area (Å²) in [6, 6.07) is -0.902. The van der Waals surface area contributed by atoms with Gasteiger partial charge in [-0.1, -0.05) is 185 Å². The van der Waals surface area contributed by atoms with E-state index in [-0.39, 0.29) is 12.5 Å². The molecule has 0 rings (SSSR count). The first-order valence-electron chi connectivity index (χ1n) is 23.9. The Balaban J connectivity index is 4.24. The van der Waals surface area contributed by atoms with E-state index in [9.17, 15) is 19.4 Å². The molecule has 8 nitrogen and oxygen atoms in total. The van der Waals surface area contributed by atoms with Gasteiger partial charge in [0, 0.05) is 6.42 Å². The van der Waals surface area contributed by atoms with E-state index in [1.807, 2.05) is 27.2 Å². The minimum Gasteiger partial charge on any atom is -0.756 e. The maximum absolute atomic E-state index is 12.9. The van der Waals surface area contributed by atoms with Crippen LogP contribution in [0, 0.1) is 0 Å². The van der Waals surface area contributed by atoms with Gasteiger partial charge in [0.2, 0.25) is 5.91 Å². The van der Waals surface area contributed by atoms with Crippen molar-refractivity contribution in [1.82, 2.24) is 5.32 Å². The third-order valence-corrected chi connectivity index (χ3v) is 11.5. The molecule has 0 heterocycles. The third-order valence-electron chi connectivity index (χ3n) is 10.6. The molecular weight excluding hydrogens is 732 g/mol. The van der Waals surface area contributed by atoms with Gasteiger partial charge in [-0.25, -0.2) is 0 Å². The number of aliphatic hydroxyl groups excluding tert-OH is 1. The lowest BCUT2D eigenvalue weighted by Crippen LogP contribution is -2.45. The standard InChI is InChI=1S/C48H93N2O6P/c1-6-8-10-12-14-16-18-19-20-21-22-23-24-25-26-27-28-29-30-32-34-36-38-40-42-48(52)49-46(45-56-57(53,54)55-44-43-50(3,4)5)47(51)41-39-37-35-33-31-17-15-13-11-9-7-2/h25-26,31,33,39,41,46-47,51H,6-24,27-30,32,34-38,40,42-45H2,1-5H3,(H-,49,52,53,54)/b26-25-,33-31+,41-39+. The van der Waals surface area contributed by atoms with Crippen molar-refractivity contribution in [2.45, 2.75) is 225 Å². The van der Waals surface area contributed by atoms with E-state index in [2.05, 4.69) is 43.5 Å². The molecule has 336 valence electrons. The summed E-state index contributed by atoms with van der Waals surface area (Å²) >= 11 is 0. The molecule has 2 N–H and O–H groups in total. The van der Waals surface area contributed by atoms with Crippen LogP contribution in [0.4, 0.5) is 0 Å². The Morgan fingerprint density at radius 3 is 1.42 bits per heavy atom. The molecule has 0 saturated carbocycles. The number of unbranched alkanes of at least 4 members (excludes halogenated alkanes) is 26. The molecule has 0 aliphatic heterocycles. The van der Waals surface area contributed by atoms with Gasteiger partial charge in [0.05, 0.1) is 39.9 Å². The lowest BCUT2D eigenvalue weighted by molar-refractivity contribution is -0.870. The molecule has 0 aliphatic rings. The van der Waals surface area contributed by atoms with Crippen LogP contribution >= 0.6 is 7.82 Å². The molecule has 0 saturated heterocycles. The Hall–Kier alpha value is -1.28. The van der Waals surface area contributed by atoms with E-state index in [4.69, 9.17) is 9.05 Å².